The molecule has 0 atom stereocenters. The van der Waals surface area contributed by atoms with E-state index in [4.69, 9.17) is 0 Å². The molecule has 0 bridgehead atoms. The van der Waals surface area contributed by atoms with Crippen LogP contribution in [0.4, 0.5) is 13.2 Å². The van der Waals surface area contributed by atoms with E-state index >= 15 is 0 Å². The lowest BCUT2D eigenvalue weighted by atomic mass is 9.76. The van der Waals surface area contributed by atoms with Crippen molar-refractivity contribution in [2.45, 2.75) is 35.6 Å². The Morgan fingerprint density at radius 2 is 1.74 bits per heavy atom. The molecule has 0 unspecified atom stereocenters. The summed E-state index contributed by atoms with van der Waals surface area (Å²) in [6.07, 6.45) is -6.06. The maximum atomic E-state index is 12.4. The van der Waals surface area contributed by atoms with Crippen LogP contribution in [0, 0.1) is 0 Å². The third kappa shape index (κ3) is 2.75. The quantitative estimate of drug-likeness (QED) is 0.886. The highest BCUT2D eigenvalue weighted by Crippen LogP contribution is 2.45. The van der Waals surface area contributed by atoms with Crippen LogP contribution >= 0.6 is 0 Å². The first-order chi connectivity index (χ1) is 8.64. The number of hydrogen-bond acceptors (Lipinski definition) is 3. The highest BCUT2D eigenvalue weighted by Gasteiger charge is 2.61. The van der Waals surface area contributed by atoms with Gasteiger partial charge in [0.1, 0.15) is 0 Å². The van der Waals surface area contributed by atoms with E-state index in [2.05, 4.69) is 4.72 Å². The number of aliphatic hydroxyl groups is 1. The number of nitrogens with one attached hydrogen (secondary N) is 1. The normalized spacial score (nSPS) is 27.9. The molecule has 1 saturated carbocycles. The minimum atomic E-state index is -4.73. The van der Waals surface area contributed by atoms with Crippen molar-refractivity contribution in [2.75, 3.05) is 0 Å². The van der Waals surface area contributed by atoms with Gasteiger partial charge in [0.2, 0.25) is 10.0 Å². The second-order valence-corrected chi connectivity index (χ2v) is 6.28. The molecule has 0 aromatic heterocycles. The minimum Gasteiger partial charge on any atom is -0.380 e. The van der Waals surface area contributed by atoms with E-state index in [9.17, 15) is 26.7 Å². The van der Waals surface area contributed by atoms with Gasteiger partial charge >= 0.3 is 6.18 Å². The minimum absolute atomic E-state index is 0.0163. The molecule has 2 rings (SSSR count). The van der Waals surface area contributed by atoms with Gasteiger partial charge in [0.05, 0.1) is 4.90 Å². The average Bonchev–Trinajstić information content (AvgIpc) is 2.26. The van der Waals surface area contributed by atoms with E-state index in [0.29, 0.717) is 0 Å². The van der Waals surface area contributed by atoms with E-state index < -0.39 is 40.7 Å². The van der Waals surface area contributed by atoms with Crippen LogP contribution in [-0.2, 0) is 10.0 Å². The lowest BCUT2D eigenvalue weighted by molar-refractivity contribution is -0.290. The molecule has 1 aliphatic rings. The molecule has 1 aromatic rings. The Kier molecular flexibility index (Phi) is 3.36. The Bertz CT molecular complexity index is 550. The van der Waals surface area contributed by atoms with Crippen LogP contribution in [-0.4, -0.2) is 31.3 Å². The maximum absolute atomic E-state index is 12.4. The molecule has 8 heteroatoms. The standard InChI is InChI=1S/C11H12F3NO3S/c12-11(13,14)10(16)6-8(7-10)15-19(17,18)9-4-2-1-3-5-9/h1-5,8,15-16H,6-7H2. The van der Waals surface area contributed by atoms with Gasteiger partial charge < -0.3 is 5.11 Å². The Balaban J connectivity index is 2.02. The van der Waals surface area contributed by atoms with Crippen LogP contribution in [0.3, 0.4) is 0 Å². The average molecular weight is 295 g/mol. The molecule has 1 fully saturated rings. The molecule has 1 aromatic carbocycles. The molecule has 19 heavy (non-hydrogen) atoms. The SMILES string of the molecule is O=S(=O)(NC1CC(O)(C(F)(F)F)C1)c1ccccc1. The van der Waals surface area contributed by atoms with Gasteiger partial charge in [0.15, 0.2) is 5.60 Å². The van der Waals surface area contributed by atoms with Gasteiger partial charge in [-0.05, 0) is 12.1 Å². The summed E-state index contributed by atoms with van der Waals surface area (Å²) in [4.78, 5) is -0.0163. The van der Waals surface area contributed by atoms with Gasteiger partial charge in [0.25, 0.3) is 0 Å². The topological polar surface area (TPSA) is 66.4 Å². The zero-order chi connectivity index (χ0) is 14.3. The van der Waals surface area contributed by atoms with Crippen LogP contribution in [0.1, 0.15) is 12.8 Å². The fourth-order valence-electron chi connectivity index (χ4n) is 1.96. The lowest BCUT2D eigenvalue weighted by Crippen LogP contribution is -2.62. The van der Waals surface area contributed by atoms with Crippen molar-refractivity contribution in [3.63, 3.8) is 0 Å². The number of rotatable bonds is 3. The highest BCUT2D eigenvalue weighted by molar-refractivity contribution is 7.89. The van der Waals surface area contributed by atoms with Crippen molar-refractivity contribution in [1.82, 2.24) is 4.72 Å². The molecule has 0 saturated heterocycles. The molecule has 106 valence electrons. The molecule has 0 radical (unpaired) electrons. The van der Waals surface area contributed by atoms with Gasteiger partial charge in [-0.3, -0.25) is 0 Å². The maximum Gasteiger partial charge on any atom is 0.417 e. The predicted octanol–water partition coefficient (Wildman–Crippen LogP) is 1.42. The van der Waals surface area contributed by atoms with Crippen molar-refractivity contribution < 1.29 is 26.7 Å². The number of hydrogen-bond donors (Lipinski definition) is 2. The zero-order valence-electron chi connectivity index (χ0n) is 9.68. The molecule has 2 N–H and O–H groups in total. The van der Waals surface area contributed by atoms with Crippen LogP contribution < -0.4 is 4.72 Å². The fourth-order valence-corrected chi connectivity index (χ4v) is 3.21. The predicted molar refractivity (Wildman–Crippen MR) is 60.8 cm³/mol. The van der Waals surface area contributed by atoms with Crippen LogP contribution in [0.25, 0.3) is 0 Å². The molecular formula is C11H12F3NO3S. The van der Waals surface area contributed by atoms with E-state index in [1.54, 1.807) is 6.07 Å². The summed E-state index contributed by atoms with van der Waals surface area (Å²) in [5, 5.41) is 9.22. The van der Waals surface area contributed by atoms with E-state index in [1.807, 2.05) is 0 Å². The van der Waals surface area contributed by atoms with Gasteiger partial charge in [-0.25, -0.2) is 13.1 Å². The number of alkyl halides is 3. The van der Waals surface area contributed by atoms with E-state index in [1.165, 1.54) is 24.3 Å². The summed E-state index contributed by atoms with van der Waals surface area (Å²) in [7, 11) is -3.84. The largest absolute Gasteiger partial charge is 0.417 e. The Labute approximate surface area is 108 Å². The molecule has 0 amide bonds. The molecule has 0 spiro atoms. The summed E-state index contributed by atoms with van der Waals surface area (Å²) in [6.45, 7) is 0. The molecule has 0 heterocycles. The zero-order valence-corrected chi connectivity index (χ0v) is 10.5. The third-order valence-electron chi connectivity index (χ3n) is 3.07. The van der Waals surface area contributed by atoms with Gasteiger partial charge in [-0.15, -0.1) is 0 Å². The Morgan fingerprint density at radius 3 is 2.21 bits per heavy atom. The summed E-state index contributed by atoms with van der Waals surface area (Å²) >= 11 is 0. The first-order valence-electron chi connectivity index (χ1n) is 5.51. The smallest absolute Gasteiger partial charge is 0.380 e. The van der Waals surface area contributed by atoms with Crippen molar-refractivity contribution in [2.24, 2.45) is 0 Å². The molecular weight excluding hydrogens is 283 g/mol. The van der Waals surface area contributed by atoms with Crippen LogP contribution in [0.5, 0.6) is 0 Å². The van der Waals surface area contributed by atoms with Crippen molar-refractivity contribution in [1.29, 1.82) is 0 Å². The molecule has 1 aliphatic carbocycles. The van der Waals surface area contributed by atoms with Crippen molar-refractivity contribution in [3.8, 4) is 0 Å². The molecule has 4 nitrogen and oxygen atoms in total. The van der Waals surface area contributed by atoms with Gasteiger partial charge in [-0.1, -0.05) is 18.2 Å². The summed E-state index contributed by atoms with van der Waals surface area (Å²) in [5.74, 6) is 0. The van der Waals surface area contributed by atoms with Crippen molar-refractivity contribution in [3.05, 3.63) is 30.3 Å². The summed E-state index contributed by atoms with van der Waals surface area (Å²) in [6, 6.07) is 6.44. The van der Waals surface area contributed by atoms with Crippen LogP contribution in [0.15, 0.2) is 35.2 Å². The highest BCUT2D eigenvalue weighted by atomic mass is 32.2. The Hall–Kier alpha value is -1.12. The van der Waals surface area contributed by atoms with Gasteiger partial charge in [-0.2, -0.15) is 13.2 Å². The second kappa shape index (κ2) is 4.46. The Morgan fingerprint density at radius 1 is 1.21 bits per heavy atom. The van der Waals surface area contributed by atoms with Crippen LogP contribution in [0.2, 0.25) is 0 Å². The fraction of sp³-hybridized carbons (Fsp3) is 0.455. The first kappa shape index (κ1) is 14.3. The lowest BCUT2D eigenvalue weighted by Gasteiger charge is -2.44. The van der Waals surface area contributed by atoms with E-state index in [0.717, 1.165) is 0 Å². The molecule has 0 aliphatic heterocycles. The summed E-state index contributed by atoms with van der Waals surface area (Å²) < 4.78 is 63.0. The second-order valence-electron chi connectivity index (χ2n) is 4.57. The monoisotopic (exact) mass is 295 g/mol. The van der Waals surface area contributed by atoms with Crippen molar-refractivity contribution >= 4 is 10.0 Å². The number of sulfonamides is 1. The van der Waals surface area contributed by atoms with Gasteiger partial charge in [0, 0.05) is 18.9 Å². The summed E-state index contributed by atoms with van der Waals surface area (Å²) in [5.41, 5.74) is -2.78. The third-order valence-corrected chi connectivity index (χ3v) is 4.61. The van der Waals surface area contributed by atoms with E-state index in [-0.39, 0.29) is 4.90 Å². The number of halogens is 3. The first-order valence-corrected chi connectivity index (χ1v) is 6.99. The number of benzene rings is 1.